The van der Waals surface area contributed by atoms with Gasteiger partial charge in [0, 0.05) is 18.1 Å². The molecule has 2 aromatic heterocycles. The first-order chi connectivity index (χ1) is 9.52. The van der Waals surface area contributed by atoms with E-state index in [0.717, 1.165) is 22.5 Å². The number of pyridine rings is 1. The lowest BCUT2D eigenvalue weighted by Crippen LogP contribution is -2.08. The van der Waals surface area contributed by atoms with Gasteiger partial charge < -0.3 is 10.5 Å². The number of hydrogen-bond acceptors (Lipinski definition) is 5. The van der Waals surface area contributed by atoms with E-state index >= 15 is 0 Å². The minimum absolute atomic E-state index is 0.346. The number of carbonyl (C=O) groups excluding carboxylic acids is 1. The van der Waals surface area contributed by atoms with E-state index in [2.05, 4.69) is 10.1 Å². The van der Waals surface area contributed by atoms with E-state index in [4.69, 9.17) is 10.5 Å². The summed E-state index contributed by atoms with van der Waals surface area (Å²) in [6.45, 7) is 6.44. The topological polar surface area (TPSA) is 83.0 Å². The van der Waals surface area contributed by atoms with Crippen molar-refractivity contribution in [2.45, 2.75) is 27.3 Å². The predicted octanol–water partition coefficient (Wildman–Crippen LogP) is 1.70. The molecule has 106 valence electrons. The summed E-state index contributed by atoms with van der Waals surface area (Å²) in [7, 11) is 0. The number of nitrogens with zero attached hydrogens (tertiary/aromatic N) is 3. The molecule has 0 atom stereocenters. The summed E-state index contributed by atoms with van der Waals surface area (Å²) >= 11 is 0. The first kappa shape index (κ1) is 14.0. The Hall–Kier alpha value is -2.37. The molecule has 0 saturated carbocycles. The molecule has 0 amide bonds. The maximum Gasteiger partial charge on any atom is 0.341 e. The third-order valence-electron chi connectivity index (χ3n) is 3.13. The number of hydrogen-bond donors (Lipinski definition) is 1. The molecule has 2 rings (SSSR count). The first-order valence-corrected chi connectivity index (χ1v) is 6.43. The van der Waals surface area contributed by atoms with Gasteiger partial charge in [-0.3, -0.25) is 9.67 Å². The fourth-order valence-electron chi connectivity index (χ4n) is 1.88. The van der Waals surface area contributed by atoms with Gasteiger partial charge in [-0.1, -0.05) is 0 Å². The second-order valence-corrected chi connectivity index (χ2v) is 4.57. The van der Waals surface area contributed by atoms with Gasteiger partial charge in [0.05, 0.1) is 30.6 Å². The second kappa shape index (κ2) is 5.73. The van der Waals surface area contributed by atoms with Crippen molar-refractivity contribution in [2.75, 3.05) is 12.3 Å². The van der Waals surface area contributed by atoms with Crippen LogP contribution in [0.5, 0.6) is 0 Å². The standard InChI is InChI=1S/C14H18N4O2/c1-4-20-14(19)11-6-17-18(7-11)8-12-10(3)13(15)9(2)5-16-12/h5-7H,4,8H2,1-3H3,(H2,15,16). The summed E-state index contributed by atoms with van der Waals surface area (Å²) in [5, 5.41) is 4.14. The summed E-state index contributed by atoms with van der Waals surface area (Å²) in [5.41, 5.74) is 9.90. The van der Waals surface area contributed by atoms with Crippen molar-refractivity contribution in [3.8, 4) is 0 Å². The van der Waals surface area contributed by atoms with Crippen LogP contribution in [0.2, 0.25) is 0 Å². The highest BCUT2D eigenvalue weighted by atomic mass is 16.5. The third kappa shape index (κ3) is 2.79. The van der Waals surface area contributed by atoms with E-state index in [-0.39, 0.29) is 5.97 Å². The molecule has 2 aromatic rings. The Kier molecular flexibility index (Phi) is 4.02. The molecule has 2 heterocycles. The Balaban J connectivity index is 2.19. The molecule has 0 saturated heterocycles. The minimum Gasteiger partial charge on any atom is -0.462 e. The number of carbonyl (C=O) groups is 1. The molecule has 0 bridgehead atoms. The molecule has 2 N–H and O–H groups in total. The Bertz CT molecular complexity index is 634. The third-order valence-corrected chi connectivity index (χ3v) is 3.13. The van der Waals surface area contributed by atoms with Crippen molar-refractivity contribution < 1.29 is 9.53 Å². The maximum atomic E-state index is 11.6. The summed E-state index contributed by atoms with van der Waals surface area (Å²) in [5.74, 6) is -0.369. The average Bonchev–Trinajstić information content (AvgIpc) is 2.88. The van der Waals surface area contributed by atoms with E-state index in [1.807, 2.05) is 13.8 Å². The maximum absolute atomic E-state index is 11.6. The molecule has 0 aliphatic rings. The van der Waals surface area contributed by atoms with Crippen molar-refractivity contribution in [2.24, 2.45) is 0 Å². The molecular weight excluding hydrogens is 256 g/mol. The van der Waals surface area contributed by atoms with Gasteiger partial charge >= 0.3 is 5.97 Å². The van der Waals surface area contributed by atoms with Gasteiger partial charge in [-0.25, -0.2) is 4.79 Å². The molecule has 6 nitrogen and oxygen atoms in total. The second-order valence-electron chi connectivity index (χ2n) is 4.57. The Labute approximate surface area is 117 Å². The van der Waals surface area contributed by atoms with Crippen LogP contribution in [0.25, 0.3) is 0 Å². The van der Waals surface area contributed by atoms with Gasteiger partial charge in [0.25, 0.3) is 0 Å². The SMILES string of the molecule is CCOC(=O)c1cnn(Cc2ncc(C)c(N)c2C)c1. The van der Waals surface area contributed by atoms with E-state index in [1.54, 1.807) is 24.0 Å². The van der Waals surface area contributed by atoms with Crippen LogP contribution in [-0.2, 0) is 11.3 Å². The van der Waals surface area contributed by atoms with Crippen LogP contribution in [0.15, 0.2) is 18.6 Å². The molecule has 0 aromatic carbocycles. The van der Waals surface area contributed by atoms with Crippen LogP contribution in [0.3, 0.4) is 0 Å². The molecule has 0 radical (unpaired) electrons. The van der Waals surface area contributed by atoms with Crippen LogP contribution in [-0.4, -0.2) is 27.3 Å². The van der Waals surface area contributed by atoms with Gasteiger partial charge in [0.1, 0.15) is 0 Å². The van der Waals surface area contributed by atoms with Crippen LogP contribution in [0, 0.1) is 13.8 Å². The van der Waals surface area contributed by atoms with E-state index in [1.165, 1.54) is 6.20 Å². The number of nitrogen functional groups attached to an aromatic ring is 1. The van der Waals surface area contributed by atoms with Crippen LogP contribution in [0.1, 0.15) is 34.1 Å². The molecule has 0 spiro atoms. The first-order valence-electron chi connectivity index (χ1n) is 6.43. The Morgan fingerprint density at radius 1 is 1.40 bits per heavy atom. The number of nitrogens with two attached hydrogens (primary N) is 1. The van der Waals surface area contributed by atoms with Gasteiger partial charge in [-0.05, 0) is 31.9 Å². The molecule has 0 fully saturated rings. The zero-order valence-corrected chi connectivity index (χ0v) is 11.9. The quantitative estimate of drug-likeness (QED) is 0.858. The van der Waals surface area contributed by atoms with Gasteiger partial charge in [-0.15, -0.1) is 0 Å². The summed E-state index contributed by atoms with van der Waals surface area (Å²) in [6.07, 6.45) is 4.88. The molecule has 0 aliphatic carbocycles. The highest BCUT2D eigenvalue weighted by molar-refractivity contribution is 5.88. The minimum atomic E-state index is -0.369. The van der Waals surface area contributed by atoms with E-state index in [9.17, 15) is 4.79 Å². The summed E-state index contributed by atoms with van der Waals surface area (Å²) < 4.78 is 6.57. The molecule has 0 unspecified atom stereocenters. The van der Waals surface area contributed by atoms with Gasteiger partial charge in [-0.2, -0.15) is 5.10 Å². The number of rotatable bonds is 4. The van der Waals surface area contributed by atoms with Crippen molar-refractivity contribution in [1.29, 1.82) is 0 Å². The Morgan fingerprint density at radius 2 is 2.15 bits per heavy atom. The van der Waals surface area contributed by atoms with Crippen molar-refractivity contribution >= 4 is 11.7 Å². The number of anilines is 1. The fourth-order valence-corrected chi connectivity index (χ4v) is 1.88. The Morgan fingerprint density at radius 3 is 2.85 bits per heavy atom. The lowest BCUT2D eigenvalue weighted by molar-refractivity contribution is 0.0526. The zero-order valence-electron chi connectivity index (χ0n) is 11.9. The number of aromatic nitrogens is 3. The zero-order chi connectivity index (χ0) is 14.7. The normalized spacial score (nSPS) is 10.6. The van der Waals surface area contributed by atoms with Crippen LogP contribution >= 0.6 is 0 Å². The molecular formula is C14H18N4O2. The number of ether oxygens (including phenoxy) is 1. The van der Waals surface area contributed by atoms with Crippen molar-refractivity contribution in [1.82, 2.24) is 14.8 Å². The average molecular weight is 274 g/mol. The molecule has 0 aliphatic heterocycles. The van der Waals surface area contributed by atoms with Crippen molar-refractivity contribution in [3.63, 3.8) is 0 Å². The monoisotopic (exact) mass is 274 g/mol. The highest BCUT2D eigenvalue weighted by Gasteiger charge is 2.11. The van der Waals surface area contributed by atoms with E-state index < -0.39 is 0 Å². The van der Waals surface area contributed by atoms with E-state index in [0.29, 0.717) is 18.7 Å². The van der Waals surface area contributed by atoms with Crippen LogP contribution < -0.4 is 5.73 Å². The van der Waals surface area contributed by atoms with Crippen molar-refractivity contribution in [3.05, 3.63) is 41.0 Å². The highest BCUT2D eigenvalue weighted by Crippen LogP contribution is 2.18. The van der Waals surface area contributed by atoms with Gasteiger partial charge in [0.2, 0.25) is 0 Å². The summed E-state index contributed by atoms with van der Waals surface area (Å²) in [4.78, 5) is 15.9. The molecule has 20 heavy (non-hydrogen) atoms. The largest absolute Gasteiger partial charge is 0.462 e. The smallest absolute Gasteiger partial charge is 0.341 e. The number of aryl methyl sites for hydroxylation is 1. The lowest BCUT2D eigenvalue weighted by Gasteiger charge is -2.09. The van der Waals surface area contributed by atoms with Gasteiger partial charge in [0.15, 0.2) is 0 Å². The van der Waals surface area contributed by atoms with Crippen LogP contribution in [0.4, 0.5) is 5.69 Å². The molecule has 6 heteroatoms. The lowest BCUT2D eigenvalue weighted by atomic mass is 10.1. The number of esters is 1. The summed E-state index contributed by atoms with van der Waals surface area (Å²) in [6, 6.07) is 0. The fraction of sp³-hybridized carbons (Fsp3) is 0.357. The predicted molar refractivity (Wildman–Crippen MR) is 75.4 cm³/mol.